The Morgan fingerprint density at radius 3 is 2.56 bits per heavy atom. The van der Waals surface area contributed by atoms with E-state index in [1.165, 1.54) is 6.07 Å². The van der Waals surface area contributed by atoms with Crippen LogP contribution < -0.4 is 0 Å². The summed E-state index contributed by atoms with van der Waals surface area (Å²) >= 11 is 0. The SMILES string of the molecule is O=C(c1ccc(F)cc1[N+](=O)[O-])N1CCCCC1. The minimum atomic E-state index is -0.722. The fraction of sp³-hybridized carbons (Fsp3) is 0.417. The first kappa shape index (κ1) is 12.5. The third-order valence-corrected chi connectivity index (χ3v) is 3.03. The molecule has 2 rings (SSSR count). The number of nitro groups is 1. The second kappa shape index (κ2) is 5.12. The number of nitrogens with zero attached hydrogens (tertiary/aromatic N) is 2. The van der Waals surface area contributed by atoms with Crippen molar-refractivity contribution in [1.82, 2.24) is 4.90 Å². The van der Waals surface area contributed by atoms with Gasteiger partial charge in [0, 0.05) is 13.1 Å². The fourth-order valence-corrected chi connectivity index (χ4v) is 2.10. The first-order valence-electron chi connectivity index (χ1n) is 5.83. The maximum absolute atomic E-state index is 13.0. The fourth-order valence-electron chi connectivity index (χ4n) is 2.10. The van der Waals surface area contributed by atoms with Gasteiger partial charge in [-0.25, -0.2) is 4.39 Å². The topological polar surface area (TPSA) is 63.4 Å². The molecule has 0 spiro atoms. The monoisotopic (exact) mass is 252 g/mol. The molecule has 1 saturated heterocycles. The summed E-state index contributed by atoms with van der Waals surface area (Å²) in [4.78, 5) is 23.8. The van der Waals surface area contributed by atoms with Crippen molar-refractivity contribution in [2.45, 2.75) is 19.3 Å². The molecule has 0 N–H and O–H groups in total. The summed E-state index contributed by atoms with van der Waals surface area (Å²) < 4.78 is 13.0. The first-order valence-corrected chi connectivity index (χ1v) is 5.83. The van der Waals surface area contributed by atoms with E-state index in [0.29, 0.717) is 13.1 Å². The lowest BCUT2D eigenvalue weighted by Gasteiger charge is -2.26. The highest BCUT2D eigenvalue weighted by Crippen LogP contribution is 2.23. The van der Waals surface area contributed by atoms with Crippen LogP contribution in [0.3, 0.4) is 0 Å². The molecule has 0 radical (unpaired) electrons. The number of piperidine rings is 1. The molecule has 96 valence electrons. The number of likely N-dealkylation sites (tertiary alicyclic amines) is 1. The van der Waals surface area contributed by atoms with E-state index < -0.39 is 16.4 Å². The van der Waals surface area contributed by atoms with Crippen molar-refractivity contribution >= 4 is 11.6 Å². The van der Waals surface area contributed by atoms with Gasteiger partial charge in [-0.1, -0.05) is 0 Å². The van der Waals surface area contributed by atoms with E-state index >= 15 is 0 Å². The third kappa shape index (κ3) is 2.47. The molecule has 0 atom stereocenters. The van der Waals surface area contributed by atoms with Crippen molar-refractivity contribution in [3.05, 3.63) is 39.7 Å². The van der Waals surface area contributed by atoms with Gasteiger partial charge >= 0.3 is 0 Å². The Morgan fingerprint density at radius 2 is 1.94 bits per heavy atom. The first-order chi connectivity index (χ1) is 8.59. The number of carbonyl (C=O) groups excluding carboxylic acids is 1. The van der Waals surface area contributed by atoms with Gasteiger partial charge < -0.3 is 4.90 Å². The Hall–Kier alpha value is -1.98. The Bertz CT molecular complexity index is 484. The minimum absolute atomic E-state index is 0.0386. The van der Waals surface area contributed by atoms with Crippen LogP contribution >= 0.6 is 0 Å². The highest BCUT2D eigenvalue weighted by atomic mass is 19.1. The lowest BCUT2D eigenvalue weighted by Crippen LogP contribution is -2.35. The average Bonchev–Trinajstić information content (AvgIpc) is 2.39. The van der Waals surface area contributed by atoms with Gasteiger partial charge in [0.2, 0.25) is 0 Å². The summed E-state index contributed by atoms with van der Waals surface area (Å²) in [5, 5.41) is 10.8. The van der Waals surface area contributed by atoms with E-state index in [1.54, 1.807) is 4.90 Å². The standard InChI is InChI=1S/C12H13FN2O3/c13-9-4-5-10(11(8-9)15(17)18)12(16)14-6-2-1-3-7-14/h4-5,8H,1-3,6-7H2. The highest BCUT2D eigenvalue weighted by molar-refractivity contribution is 5.98. The number of hydrogen-bond donors (Lipinski definition) is 0. The summed E-state index contributed by atoms with van der Waals surface area (Å²) in [7, 11) is 0. The molecule has 0 unspecified atom stereocenters. The molecule has 0 saturated carbocycles. The van der Waals surface area contributed by atoms with Gasteiger partial charge in [0.1, 0.15) is 11.4 Å². The zero-order chi connectivity index (χ0) is 13.1. The quantitative estimate of drug-likeness (QED) is 0.599. The predicted molar refractivity (Wildman–Crippen MR) is 62.8 cm³/mol. The lowest BCUT2D eigenvalue weighted by molar-refractivity contribution is -0.385. The zero-order valence-electron chi connectivity index (χ0n) is 9.76. The summed E-state index contributed by atoms with van der Waals surface area (Å²) in [6, 6.07) is 3.05. The predicted octanol–water partition coefficient (Wildman–Crippen LogP) is 2.36. The summed E-state index contributed by atoms with van der Waals surface area (Å²) in [6.45, 7) is 1.21. The van der Waals surface area contributed by atoms with Crippen LogP contribution in [0.4, 0.5) is 10.1 Å². The van der Waals surface area contributed by atoms with Gasteiger partial charge in [0.15, 0.2) is 0 Å². The van der Waals surface area contributed by atoms with E-state index in [1.807, 2.05) is 0 Å². The number of halogens is 1. The van der Waals surface area contributed by atoms with Gasteiger partial charge in [-0.3, -0.25) is 14.9 Å². The van der Waals surface area contributed by atoms with Crippen LogP contribution in [0.5, 0.6) is 0 Å². The number of hydrogen-bond acceptors (Lipinski definition) is 3. The molecule has 6 heteroatoms. The van der Waals surface area contributed by atoms with Crippen molar-refractivity contribution in [2.75, 3.05) is 13.1 Å². The molecule has 0 aliphatic carbocycles. The Labute approximate surface area is 103 Å². The van der Waals surface area contributed by atoms with Gasteiger partial charge in [0.25, 0.3) is 11.6 Å². The summed E-state index contributed by atoms with van der Waals surface area (Å²) in [6.07, 6.45) is 2.87. The normalized spacial score (nSPS) is 15.5. The molecule has 5 nitrogen and oxygen atoms in total. The van der Waals surface area contributed by atoms with Gasteiger partial charge in [-0.05, 0) is 31.4 Å². The molecule has 1 aliphatic heterocycles. The van der Waals surface area contributed by atoms with Crippen molar-refractivity contribution in [2.24, 2.45) is 0 Å². The molecule has 18 heavy (non-hydrogen) atoms. The van der Waals surface area contributed by atoms with Crippen molar-refractivity contribution in [3.63, 3.8) is 0 Å². The second-order valence-electron chi connectivity index (χ2n) is 4.27. The number of rotatable bonds is 2. The van der Waals surface area contributed by atoms with E-state index in [2.05, 4.69) is 0 Å². The van der Waals surface area contributed by atoms with Crippen molar-refractivity contribution < 1.29 is 14.1 Å². The van der Waals surface area contributed by atoms with Gasteiger partial charge in [0.05, 0.1) is 11.0 Å². The highest BCUT2D eigenvalue weighted by Gasteiger charge is 2.26. The second-order valence-corrected chi connectivity index (χ2v) is 4.27. The van der Waals surface area contributed by atoms with Crippen LogP contribution in [0.2, 0.25) is 0 Å². The van der Waals surface area contributed by atoms with Gasteiger partial charge in [-0.2, -0.15) is 0 Å². The van der Waals surface area contributed by atoms with Crippen molar-refractivity contribution in [1.29, 1.82) is 0 Å². The molecule has 1 aromatic rings. The molecular weight excluding hydrogens is 239 g/mol. The van der Waals surface area contributed by atoms with Crippen LogP contribution in [0.15, 0.2) is 18.2 Å². The van der Waals surface area contributed by atoms with Crippen LogP contribution in [-0.2, 0) is 0 Å². The minimum Gasteiger partial charge on any atom is -0.338 e. The molecule has 0 aromatic heterocycles. The van der Waals surface area contributed by atoms with E-state index in [9.17, 15) is 19.3 Å². The summed E-state index contributed by atoms with van der Waals surface area (Å²) in [5.41, 5.74) is -0.506. The van der Waals surface area contributed by atoms with Crippen LogP contribution in [0, 0.1) is 15.9 Å². The Balaban J connectivity index is 2.31. The molecule has 0 bridgehead atoms. The Kier molecular flexibility index (Phi) is 3.55. The lowest BCUT2D eigenvalue weighted by atomic mass is 10.1. The molecule has 1 fully saturated rings. The van der Waals surface area contributed by atoms with E-state index in [0.717, 1.165) is 31.4 Å². The van der Waals surface area contributed by atoms with Crippen LogP contribution in [0.25, 0.3) is 0 Å². The van der Waals surface area contributed by atoms with Crippen LogP contribution in [0.1, 0.15) is 29.6 Å². The van der Waals surface area contributed by atoms with E-state index in [4.69, 9.17) is 0 Å². The molecule has 1 aliphatic rings. The zero-order valence-corrected chi connectivity index (χ0v) is 9.76. The average molecular weight is 252 g/mol. The number of benzene rings is 1. The van der Waals surface area contributed by atoms with Crippen molar-refractivity contribution in [3.8, 4) is 0 Å². The molecule has 1 heterocycles. The van der Waals surface area contributed by atoms with Gasteiger partial charge in [-0.15, -0.1) is 0 Å². The number of nitro benzene ring substituents is 1. The third-order valence-electron chi connectivity index (χ3n) is 3.03. The van der Waals surface area contributed by atoms with Crippen LogP contribution in [-0.4, -0.2) is 28.8 Å². The summed E-state index contributed by atoms with van der Waals surface area (Å²) in [5.74, 6) is -1.10. The molecule has 1 aromatic carbocycles. The smallest absolute Gasteiger partial charge is 0.285 e. The Morgan fingerprint density at radius 1 is 1.28 bits per heavy atom. The molecular formula is C12H13FN2O3. The maximum atomic E-state index is 13.0. The van der Waals surface area contributed by atoms with E-state index in [-0.39, 0.29) is 11.5 Å². The molecule has 1 amide bonds. The largest absolute Gasteiger partial charge is 0.338 e. The number of carbonyl (C=O) groups is 1. The number of amides is 1. The maximum Gasteiger partial charge on any atom is 0.285 e.